The Bertz CT molecular complexity index is 1110. The normalized spacial score (nSPS) is 41.0. The second-order valence-corrected chi connectivity index (χ2v) is 17.9. The fourth-order valence-electron chi connectivity index (χ4n) is 11.3. The summed E-state index contributed by atoms with van der Waals surface area (Å²) in [6.45, 7) is 7.94. The average molecular weight is 681 g/mol. The van der Waals surface area contributed by atoms with Crippen LogP contribution in [0.4, 0.5) is 0 Å². The summed E-state index contributed by atoms with van der Waals surface area (Å²) in [7, 11) is 1.71. The van der Waals surface area contributed by atoms with Crippen LogP contribution in [-0.4, -0.2) is 48.7 Å². The van der Waals surface area contributed by atoms with Crippen LogP contribution in [0.3, 0.4) is 0 Å². The third-order valence-electron chi connectivity index (χ3n) is 13.9. The highest BCUT2D eigenvalue weighted by Crippen LogP contribution is 2.49. The Morgan fingerprint density at radius 3 is 2.49 bits per heavy atom. The zero-order valence-corrected chi connectivity index (χ0v) is 31.7. The van der Waals surface area contributed by atoms with Crippen molar-refractivity contribution in [2.75, 3.05) is 13.7 Å². The first-order valence-electron chi connectivity index (χ1n) is 20.9. The van der Waals surface area contributed by atoms with Crippen molar-refractivity contribution in [1.29, 1.82) is 0 Å². The van der Waals surface area contributed by atoms with E-state index in [4.69, 9.17) is 10.5 Å². The summed E-state index contributed by atoms with van der Waals surface area (Å²) in [6.07, 6.45) is 19.6. The molecule has 13 unspecified atom stereocenters. The maximum atomic E-state index is 14.2. The highest BCUT2D eigenvalue weighted by Gasteiger charge is 2.45. The van der Waals surface area contributed by atoms with Crippen LogP contribution >= 0.6 is 0 Å². The van der Waals surface area contributed by atoms with Gasteiger partial charge in [-0.2, -0.15) is 0 Å². The van der Waals surface area contributed by atoms with Crippen molar-refractivity contribution < 1.29 is 19.4 Å². The van der Waals surface area contributed by atoms with Crippen molar-refractivity contribution in [1.82, 2.24) is 5.32 Å². The molecule has 5 rings (SSSR count). The smallest absolute Gasteiger partial charge is 0.144 e. The summed E-state index contributed by atoms with van der Waals surface area (Å²) < 4.78 is 5.80. The number of methoxy groups -OCH3 is 1. The van der Waals surface area contributed by atoms with Gasteiger partial charge < -0.3 is 20.9 Å². The minimum Gasteiger partial charge on any atom is -0.390 e. The molecule has 4 aliphatic carbocycles. The van der Waals surface area contributed by atoms with Crippen molar-refractivity contribution in [3.8, 4) is 11.8 Å². The summed E-state index contributed by atoms with van der Waals surface area (Å²) >= 11 is 0. The average Bonchev–Trinajstić information content (AvgIpc) is 3.24. The maximum absolute atomic E-state index is 14.2. The van der Waals surface area contributed by atoms with Gasteiger partial charge in [-0.3, -0.25) is 9.59 Å². The zero-order chi connectivity index (χ0) is 34.9. The largest absolute Gasteiger partial charge is 0.390 e. The molecule has 5 aliphatic rings. The van der Waals surface area contributed by atoms with E-state index in [9.17, 15) is 14.7 Å². The number of carbonyl (C=O) groups is 2. The van der Waals surface area contributed by atoms with Gasteiger partial charge in [0.25, 0.3) is 0 Å². The van der Waals surface area contributed by atoms with Gasteiger partial charge in [-0.15, -0.1) is 0 Å². The van der Waals surface area contributed by atoms with E-state index in [2.05, 4.69) is 37.9 Å². The van der Waals surface area contributed by atoms with Gasteiger partial charge in [0.05, 0.1) is 24.8 Å². The quantitative estimate of drug-likeness (QED) is 0.159. The van der Waals surface area contributed by atoms with Gasteiger partial charge in [-0.05, 0) is 125 Å². The van der Waals surface area contributed by atoms with Gasteiger partial charge in [0.15, 0.2) is 0 Å². The third-order valence-corrected chi connectivity index (χ3v) is 13.9. The number of aliphatic hydroxyl groups is 1. The number of aliphatic hydroxyl groups excluding tert-OH is 1. The number of nitrogens with two attached hydrogens (primary N) is 1. The molecule has 3 saturated carbocycles. The molecule has 0 aromatic rings. The number of ether oxygens (including phenoxy) is 1. The van der Waals surface area contributed by atoms with E-state index in [0.717, 1.165) is 38.6 Å². The van der Waals surface area contributed by atoms with E-state index in [0.29, 0.717) is 48.3 Å². The molecule has 1 saturated heterocycles. The van der Waals surface area contributed by atoms with Crippen LogP contribution in [0.2, 0.25) is 0 Å². The predicted molar refractivity (Wildman–Crippen MR) is 198 cm³/mol. The van der Waals surface area contributed by atoms with Crippen LogP contribution in [0, 0.1) is 76.9 Å². The summed E-state index contributed by atoms with van der Waals surface area (Å²) in [4.78, 5) is 27.8. The molecule has 0 radical (unpaired) electrons. The van der Waals surface area contributed by atoms with Gasteiger partial charge in [-0.1, -0.05) is 77.6 Å². The van der Waals surface area contributed by atoms with E-state index in [1.807, 2.05) is 0 Å². The van der Waals surface area contributed by atoms with Crippen molar-refractivity contribution >= 4 is 11.6 Å². The van der Waals surface area contributed by atoms with Crippen LogP contribution in [0.1, 0.15) is 149 Å². The van der Waals surface area contributed by atoms with Gasteiger partial charge in [0.2, 0.25) is 0 Å². The summed E-state index contributed by atoms with van der Waals surface area (Å²) in [5.41, 5.74) is 6.37. The number of ketones is 2. The highest BCUT2D eigenvalue weighted by molar-refractivity contribution is 6.00. The third kappa shape index (κ3) is 10.9. The number of rotatable bonds is 10. The predicted octanol–water partition coefficient (Wildman–Crippen LogP) is 8.09. The minimum absolute atomic E-state index is 0.00522. The SMILES string of the molecule is CCCCC1CC(CC2CCNC(N)C2)CC2C#CC(C3CCCCC3CCC(C)C)C3CC(O)C(OC)CC3CCC(=O)CC(=O)C2C1. The molecule has 0 aromatic carbocycles. The lowest BCUT2D eigenvalue weighted by atomic mass is 9.60. The molecule has 0 aromatic heterocycles. The van der Waals surface area contributed by atoms with E-state index < -0.39 is 6.10 Å². The number of hydrogen-bond acceptors (Lipinski definition) is 6. The second kappa shape index (κ2) is 19.0. The summed E-state index contributed by atoms with van der Waals surface area (Å²) in [5.74, 6) is 12.4. The number of carbonyl (C=O) groups excluding carboxylic acids is 2. The number of nitrogens with one attached hydrogen (secondary N) is 1. The Morgan fingerprint density at radius 2 is 1.73 bits per heavy atom. The summed E-state index contributed by atoms with van der Waals surface area (Å²) in [6, 6.07) is 0. The molecule has 0 spiro atoms. The number of fused-ring (bicyclic) bond motifs is 2. The molecule has 4 N–H and O–H groups in total. The van der Waals surface area contributed by atoms with Crippen molar-refractivity contribution in [2.24, 2.45) is 70.8 Å². The Morgan fingerprint density at radius 1 is 0.918 bits per heavy atom. The van der Waals surface area contributed by atoms with Crippen LogP contribution in [0.15, 0.2) is 0 Å². The monoisotopic (exact) mass is 681 g/mol. The molecule has 1 aliphatic heterocycles. The van der Waals surface area contributed by atoms with Gasteiger partial charge in [-0.25, -0.2) is 0 Å². The van der Waals surface area contributed by atoms with Crippen LogP contribution in [-0.2, 0) is 14.3 Å². The van der Waals surface area contributed by atoms with E-state index >= 15 is 0 Å². The second-order valence-electron chi connectivity index (χ2n) is 17.9. The molecule has 49 heavy (non-hydrogen) atoms. The molecule has 1 heterocycles. The van der Waals surface area contributed by atoms with Crippen LogP contribution in [0.25, 0.3) is 0 Å². The minimum atomic E-state index is -0.496. The molecule has 6 heteroatoms. The number of piperidine rings is 1. The first-order chi connectivity index (χ1) is 23.6. The molecule has 6 nitrogen and oxygen atoms in total. The Labute approximate surface area is 299 Å². The van der Waals surface area contributed by atoms with E-state index in [1.165, 1.54) is 77.0 Å². The Hall–Kier alpha value is -1.26. The van der Waals surface area contributed by atoms with Crippen LogP contribution in [0.5, 0.6) is 0 Å². The summed E-state index contributed by atoms with van der Waals surface area (Å²) in [5, 5.41) is 14.8. The van der Waals surface area contributed by atoms with E-state index in [1.54, 1.807) is 7.11 Å². The van der Waals surface area contributed by atoms with Crippen LogP contribution < -0.4 is 11.1 Å². The first-order valence-corrected chi connectivity index (χ1v) is 20.9. The topological polar surface area (TPSA) is 102 Å². The molecule has 4 fully saturated rings. The lowest BCUT2D eigenvalue weighted by molar-refractivity contribution is -0.130. The molecule has 0 bridgehead atoms. The first kappa shape index (κ1) is 39.0. The number of unbranched alkanes of at least 4 members (excludes halogenated alkanes) is 1. The van der Waals surface area contributed by atoms with E-state index in [-0.39, 0.29) is 59.8 Å². The fraction of sp³-hybridized carbons (Fsp3) is 0.907. The molecule has 13 atom stereocenters. The fourth-order valence-corrected chi connectivity index (χ4v) is 11.3. The lowest BCUT2D eigenvalue weighted by Crippen LogP contribution is -2.45. The van der Waals surface area contributed by atoms with Gasteiger partial charge in [0, 0.05) is 31.3 Å². The molecular weight excluding hydrogens is 608 g/mol. The Kier molecular flexibility index (Phi) is 15.1. The van der Waals surface area contributed by atoms with Crippen molar-refractivity contribution in [3.63, 3.8) is 0 Å². The lowest BCUT2D eigenvalue weighted by Gasteiger charge is -2.46. The number of Topliss-reactive ketones (excluding diaryl/α,β-unsaturated/α-hetero) is 2. The maximum Gasteiger partial charge on any atom is 0.144 e. The highest BCUT2D eigenvalue weighted by atomic mass is 16.5. The Balaban J connectivity index is 1.53. The molecule has 0 amide bonds. The number of hydrogen-bond donors (Lipinski definition) is 3. The van der Waals surface area contributed by atoms with Crippen molar-refractivity contribution in [2.45, 2.75) is 168 Å². The van der Waals surface area contributed by atoms with Gasteiger partial charge in [0.1, 0.15) is 11.6 Å². The zero-order valence-electron chi connectivity index (χ0n) is 31.7. The van der Waals surface area contributed by atoms with Crippen molar-refractivity contribution in [3.05, 3.63) is 0 Å². The standard InChI is InChI=1S/C43H72N2O4/c1-5-6-9-29-20-31(21-30-18-19-45-43(44)24-30)22-33-15-17-37(36-11-8-7-10-32(36)13-12-28(2)3)38-27-41(48)42(49-4)25-34(38)14-16-35(46)26-40(47)39(33)23-29/h28-34,36-39,41-43,45,48H,5-14,16,18-27,44H2,1-4H3. The van der Waals surface area contributed by atoms with Gasteiger partial charge >= 0.3 is 0 Å². The molecular formula is C43H72N2O4. The molecule has 278 valence electrons.